The normalized spacial score (nSPS) is 13.0. The Balaban J connectivity index is 1.16. The van der Waals surface area contributed by atoms with Crippen LogP contribution in [0.5, 0.6) is 0 Å². The molecule has 0 aliphatic heterocycles. The largest absolute Gasteiger partial charge is 0.310 e. The van der Waals surface area contributed by atoms with Crippen LogP contribution in [-0.4, -0.2) is 0 Å². The third-order valence-electron chi connectivity index (χ3n) is 10.3. The molecule has 0 atom stereocenters. The van der Waals surface area contributed by atoms with Crippen molar-refractivity contribution < 1.29 is 0 Å². The molecule has 0 saturated heterocycles. The SMILES string of the molecule is CC1(C)c2ccccc2-c2ccc(-c3ccc(N(c4cccc(-c5cccc6ccccc56)c4)c4cccc5ccccc45)cc3)cc21. The first-order chi connectivity index (χ1) is 23.6. The Bertz CT molecular complexity index is 2470. The van der Waals surface area contributed by atoms with Crippen LogP contribution in [-0.2, 0) is 5.41 Å². The van der Waals surface area contributed by atoms with Gasteiger partial charge in [-0.15, -0.1) is 0 Å². The molecule has 228 valence electrons. The van der Waals surface area contributed by atoms with Crippen molar-refractivity contribution in [2.75, 3.05) is 4.90 Å². The van der Waals surface area contributed by atoms with E-state index in [1.807, 2.05) is 0 Å². The van der Waals surface area contributed by atoms with Gasteiger partial charge in [0.2, 0.25) is 0 Å². The molecule has 9 rings (SSSR count). The zero-order valence-electron chi connectivity index (χ0n) is 27.2. The highest BCUT2D eigenvalue weighted by atomic mass is 15.1. The summed E-state index contributed by atoms with van der Waals surface area (Å²) < 4.78 is 0. The van der Waals surface area contributed by atoms with Gasteiger partial charge in [0, 0.05) is 22.2 Å². The van der Waals surface area contributed by atoms with Crippen molar-refractivity contribution in [1.29, 1.82) is 0 Å². The minimum atomic E-state index is -0.0257. The highest BCUT2D eigenvalue weighted by Crippen LogP contribution is 2.49. The maximum atomic E-state index is 2.41. The molecule has 0 bridgehead atoms. The maximum absolute atomic E-state index is 2.41. The summed E-state index contributed by atoms with van der Waals surface area (Å²) in [5, 5.41) is 4.96. The van der Waals surface area contributed by atoms with Crippen LogP contribution in [0.15, 0.2) is 176 Å². The summed E-state index contributed by atoms with van der Waals surface area (Å²) >= 11 is 0. The molecule has 0 amide bonds. The quantitative estimate of drug-likeness (QED) is 0.187. The van der Waals surface area contributed by atoms with Gasteiger partial charge in [-0.25, -0.2) is 0 Å². The molecule has 8 aromatic carbocycles. The first kappa shape index (κ1) is 28.3. The second kappa shape index (κ2) is 11.1. The van der Waals surface area contributed by atoms with E-state index < -0.39 is 0 Å². The third kappa shape index (κ3) is 4.54. The standard InChI is InChI=1S/C47H35N/c1-47(2)44-22-8-7-20-42(44)43-29-26-35(31-45(43)47)32-24-27-37(28-25-32)48(46-23-11-15-34-13-4-6-19-41(34)46)38-17-9-16-36(30-38)40-21-10-14-33-12-3-5-18-39(33)40/h3-31H,1-2H3. The number of rotatable bonds is 5. The van der Waals surface area contributed by atoms with Crippen LogP contribution in [0.2, 0.25) is 0 Å². The van der Waals surface area contributed by atoms with Crippen LogP contribution >= 0.6 is 0 Å². The van der Waals surface area contributed by atoms with Crippen molar-refractivity contribution in [1.82, 2.24) is 0 Å². The van der Waals surface area contributed by atoms with Crippen LogP contribution in [0, 0.1) is 0 Å². The molecule has 0 saturated carbocycles. The molecule has 0 spiro atoms. The van der Waals surface area contributed by atoms with Gasteiger partial charge < -0.3 is 4.90 Å². The summed E-state index contributed by atoms with van der Waals surface area (Å²) in [4.78, 5) is 2.41. The van der Waals surface area contributed by atoms with Crippen molar-refractivity contribution in [3.8, 4) is 33.4 Å². The molecule has 1 aliphatic carbocycles. The Morgan fingerprint density at radius 2 is 0.979 bits per heavy atom. The van der Waals surface area contributed by atoms with E-state index in [4.69, 9.17) is 0 Å². The lowest BCUT2D eigenvalue weighted by atomic mass is 9.81. The monoisotopic (exact) mass is 613 g/mol. The van der Waals surface area contributed by atoms with Gasteiger partial charge in [0.25, 0.3) is 0 Å². The number of benzene rings is 8. The van der Waals surface area contributed by atoms with E-state index in [0.29, 0.717) is 0 Å². The first-order valence-corrected chi connectivity index (χ1v) is 16.8. The van der Waals surface area contributed by atoms with Gasteiger partial charge in [0.05, 0.1) is 5.69 Å². The van der Waals surface area contributed by atoms with E-state index in [2.05, 4.69) is 195 Å². The zero-order chi connectivity index (χ0) is 32.2. The minimum Gasteiger partial charge on any atom is -0.310 e. The fourth-order valence-corrected chi connectivity index (χ4v) is 7.81. The van der Waals surface area contributed by atoms with Crippen molar-refractivity contribution in [2.45, 2.75) is 19.3 Å². The molecule has 0 aromatic heterocycles. The molecule has 1 nitrogen and oxygen atoms in total. The molecule has 0 heterocycles. The highest BCUT2D eigenvalue weighted by molar-refractivity contribution is 6.01. The average Bonchev–Trinajstić information content (AvgIpc) is 3.37. The lowest BCUT2D eigenvalue weighted by Crippen LogP contribution is -2.14. The number of fused-ring (bicyclic) bond motifs is 5. The molecule has 0 N–H and O–H groups in total. The second-order valence-electron chi connectivity index (χ2n) is 13.4. The maximum Gasteiger partial charge on any atom is 0.0540 e. The van der Waals surface area contributed by atoms with Gasteiger partial charge in [-0.3, -0.25) is 0 Å². The second-order valence-corrected chi connectivity index (χ2v) is 13.4. The van der Waals surface area contributed by atoms with Gasteiger partial charge in [0.15, 0.2) is 0 Å². The van der Waals surface area contributed by atoms with E-state index in [1.165, 1.54) is 66.1 Å². The molecular weight excluding hydrogens is 579 g/mol. The Kier molecular flexibility index (Phi) is 6.55. The summed E-state index contributed by atoms with van der Waals surface area (Å²) in [6.45, 7) is 4.69. The van der Waals surface area contributed by atoms with E-state index >= 15 is 0 Å². The molecule has 0 fully saturated rings. The van der Waals surface area contributed by atoms with Crippen molar-refractivity contribution in [2.24, 2.45) is 0 Å². The fraction of sp³-hybridized carbons (Fsp3) is 0.0638. The summed E-state index contributed by atoms with van der Waals surface area (Å²) in [6.07, 6.45) is 0. The Morgan fingerprint density at radius 1 is 0.375 bits per heavy atom. The Morgan fingerprint density at radius 3 is 1.81 bits per heavy atom. The first-order valence-electron chi connectivity index (χ1n) is 16.8. The number of nitrogens with zero attached hydrogens (tertiary/aromatic N) is 1. The molecule has 0 radical (unpaired) electrons. The summed E-state index contributed by atoms with van der Waals surface area (Å²) in [5.41, 5.74) is 13.8. The fourth-order valence-electron chi connectivity index (χ4n) is 7.81. The van der Waals surface area contributed by atoms with E-state index in [1.54, 1.807) is 0 Å². The summed E-state index contributed by atoms with van der Waals surface area (Å²) in [7, 11) is 0. The summed E-state index contributed by atoms with van der Waals surface area (Å²) in [5.74, 6) is 0. The van der Waals surface area contributed by atoms with Gasteiger partial charge >= 0.3 is 0 Å². The smallest absolute Gasteiger partial charge is 0.0540 e. The lowest BCUT2D eigenvalue weighted by Gasteiger charge is -2.27. The number of hydrogen-bond acceptors (Lipinski definition) is 1. The van der Waals surface area contributed by atoms with Gasteiger partial charge in [-0.1, -0.05) is 153 Å². The van der Waals surface area contributed by atoms with Gasteiger partial charge in [-0.05, 0) is 97.1 Å². The molecule has 8 aromatic rings. The minimum absolute atomic E-state index is 0.0257. The molecule has 48 heavy (non-hydrogen) atoms. The molecule has 1 aliphatic rings. The number of hydrogen-bond donors (Lipinski definition) is 0. The highest BCUT2D eigenvalue weighted by Gasteiger charge is 2.35. The lowest BCUT2D eigenvalue weighted by molar-refractivity contribution is 0.660. The summed E-state index contributed by atoms with van der Waals surface area (Å²) in [6, 6.07) is 64.4. The topological polar surface area (TPSA) is 3.24 Å². The van der Waals surface area contributed by atoms with Crippen LogP contribution in [0.25, 0.3) is 54.9 Å². The van der Waals surface area contributed by atoms with E-state index in [-0.39, 0.29) is 5.41 Å². The van der Waals surface area contributed by atoms with Crippen molar-refractivity contribution in [3.05, 3.63) is 187 Å². The third-order valence-corrected chi connectivity index (χ3v) is 10.3. The van der Waals surface area contributed by atoms with Crippen molar-refractivity contribution >= 4 is 38.6 Å². The zero-order valence-corrected chi connectivity index (χ0v) is 27.2. The predicted molar refractivity (Wildman–Crippen MR) is 205 cm³/mol. The average molecular weight is 614 g/mol. The molecular formula is C47H35N. The number of anilines is 3. The van der Waals surface area contributed by atoms with Crippen molar-refractivity contribution in [3.63, 3.8) is 0 Å². The van der Waals surface area contributed by atoms with E-state index in [0.717, 1.165) is 17.1 Å². The van der Waals surface area contributed by atoms with Crippen LogP contribution < -0.4 is 4.90 Å². The van der Waals surface area contributed by atoms with E-state index in [9.17, 15) is 0 Å². The Labute approximate surface area is 282 Å². The molecule has 0 unspecified atom stereocenters. The molecule has 1 heteroatoms. The van der Waals surface area contributed by atoms with Crippen LogP contribution in [0.3, 0.4) is 0 Å². The van der Waals surface area contributed by atoms with Crippen LogP contribution in [0.1, 0.15) is 25.0 Å². The van der Waals surface area contributed by atoms with Gasteiger partial charge in [-0.2, -0.15) is 0 Å². The van der Waals surface area contributed by atoms with Crippen LogP contribution in [0.4, 0.5) is 17.1 Å². The van der Waals surface area contributed by atoms with Gasteiger partial charge in [0.1, 0.15) is 0 Å². The Hall–Kier alpha value is -5.92. The predicted octanol–water partition coefficient (Wildman–Crippen LogP) is 13.1.